The van der Waals surface area contributed by atoms with E-state index in [-0.39, 0.29) is 17.2 Å². The Kier molecular flexibility index (Phi) is 3.45. The molecule has 0 aliphatic heterocycles. The van der Waals surface area contributed by atoms with Gasteiger partial charge in [0.2, 0.25) is 5.95 Å². The van der Waals surface area contributed by atoms with Crippen LogP contribution in [0.2, 0.25) is 0 Å². The summed E-state index contributed by atoms with van der Waals surface area (Å²) in [4.78, 5) is 7.47. The predicted molar refractivity (Wildman–Crippen MR) is 66.1 cm³/mol. The number of halogens is 1. The molecule has 4 nitrogen and oxygen atoms in total. The molecule has 1 fully saturated rings. The van der Waals surface area contributed by atoms with Gasteiger partial charge in [-0.15, -0.1) is 0 Å². The highest BCUT2D eigenvalue weighted by Gasteiger charge is 2.26. The molecule has 94 valence electrons. The SMILES string of the molecule is CC1(CNc2nc(N)ncc2F)CCCCC1. The van der Waals surface area contributed by atoms with E-state index < -0.39 is 5.82 Å². The third-order valence-electron chi connectivity index (χ3n) is 3.51. The molecule has 1 aromatic heterocycles. The van der Waals surface area contributed by atoms with Crippen molar-refractivity contribution >= 4 is 11.8 Å². The summed E-state index contributed by atoms with van der Waals surface area (Å²) < 4.78 is 13.4. The maximum Gasteiger partial charge on any atom is 0.222 e. The van der Waals surface area contributed by atoms with E-state index in [0.29, 0.717) is 0 Å². The summed E-state index contributed by atoms with van der Waals surface area (Å²) >= 11 is 0. The molecule has 0 amide bonds. The van der Waals surface area contributed by atoms with Gasteiger partial charge in [0.05, 0.1) is 6.20 Å². The van der Waals surface area contributed by atoms with Crippen molar-refractivity contribution in [2.75, 3.05) is 17.6 Å². The molecule has 0 bridgehead atoms. The largest absolute Gasteiger partial charge is 0.368 e. The van der Waals surface area contributed by atoms with Crippen molar-refractivity contribution in [2.45, 2.75) is 39.0 Å². The van der Waals surface area contributed by atoms with Gasteiger partial charge in [-0.25, -0.2) is 9.37 Å². The van der Waals surface area contributed by atoms with Crippen molar-refractivity contribution in [3.63, 3.8) is 0 Å². The molecule has 3 N–H and O–H groups in total. The standard InChI is InChI=1S/C12H19FN4/c1-12(5-3-2-4-6-12)8-16-10-9(13)7-15-11(14)17-10/h7H,2-6,8H2,1H3,(H3,14,15,16,17). The van der Waals surface area contributed by atoms with E-state index >= 15 is 0 Å². The van der Waals surface area contributed by atoms with Gasteiger partial charge in [0.15, 0.2) is 11.6 Å². The summed E-state index contributed by atoms with van der Waals surface area (Å²) in [6, 6.07) is 0. The first-order valence-electron chi connectivity index (χ1n) is 6.11. The van der Waals surface area contributed by atoms with Crippen LogP contribution >= 0.6 is 0 Å². The Labute approximate surface area is 101 Å². The molecule has 0 saturated heterocycles. The zero-order chi connectivity index (χ0) is 12.3. The highest BCUT2D eigenvalue weighted by atomic mass is 19.1. The van der Waals surface area contributed by atoms with Gasteiger partial charge in [-0.3, -0.25) is 0 Å². The fourth-order valence-corrected chi connectivity index (χ4v) is 2.38. The second-order valence-corrected chi connectivity index (χ2v) is 5.15. The lowest BCUT2D eigenvalue weighted by atomic mass is 9.76. The first-order chi connectivity index (χ1) is 8.09. The van der Waals surface area contributed by atoms with Gasteiger partial charge in [-0.2, -0.15) is 4.98 Å². The second-order valence-electron chi connectivity index (χ2n) is 5.15. The number of nitrogens with two attached hydrogens (primary N) is 1. The van der Waals surface area contributed by atoms with Crippen molar-refractivity contribution in [2.24, 2.45) is 5.41 Å². The van der Waals surface area contributed by atoms with Crippen LogP contribution in [0.25, 0.3) is 0 Å². The van der Waals surface area contributed by atoms with Gasteiger partial charge in [0.1, 0.15) is 0 Å². The maximum absolute atomic E-state index is 13.4. The smallest absolute Gasteiger partial charge is 0.222 e. The summed E-state index contributed by atoms with van der Waals surface area (Å²) in [7, 11) is 0. The van der Waals surface area contributed by atoms with Gasteiger partial charge in [0.25, 0.3) is 0 Å². The van der Waals surface area contributed by atoms with E-state index in [2.05, 4.69) is 22.2 Å². The van der Waals surface area contributed by atoms with E-state index in [0.717, 1.165) is 12.7 Å². The molecule has 0 atom stereocenters. The third-order valence-corrected chi connectivity index (χ3v) is 3.51. The number of aromatic nitrogens is 2. The summed E-state index contributed by atoms with van der Waals surface area (Å²) in [5, 5.41) is 3.06. The molecule has 0 unspecified atom stereocenters. The van der Waals surface area contributed by atoms with E-state index in [4.69, 9.17) is 5.73 Å². The molecular weight excluding hydrogens is 219 g/mol. The van der Waals surface area contributed by atoms with Crippen molar-refractivity contribution in [3.8, 4) is 0 Å². The van der Waals surface area contributed by atoms with Crippen LogP contribution in [-0.4, -0.2) is 16.5 Å². The van der Waals surface area contributed by atoms with Gasteiger partial charge in [0, 0.05) is 6.54 Å². The molecule has 5 heteroatoms. The molecule has 1 saturated carbocycles. The Bertz CT molecular complexity index is 388. The Morgan fingerprint density at radius 2 is 2.12 bits per heavy atom. The van der Waals surface area contributed by atoms with Crippen molar-refractivity contribution < 1.29 is 4.39 Å². The Morgan fingerprint density at radius 3 is 2.82 bits per heavy atom. The minimum absolute atomic E-state index is 0.0997. The Balaban J connectivity index is 1.99. The second kappa shape index (κ2) is 4.85. The van der Waals surface area contributed by atoms with Gasteiger partial charge in [-0.05, 0) is 18.3 Å². The van der Waals surface area contributed by atoms with E-state index in [9.17, 15) is 4.39 Å². The highest BCUT2D eigenvalue weighted by molar-refractivity contribution is 5.39. The van der Waals surface area contributed by atoms with Crippen molar-refractivity contribution in [1.82, 2.24) is 9.97 Å². The maximum atomic E-state index is 13.4. The molecule has 0 radical (unpaired) electrons. The van der Waals surface area contributed by atoms with Crippen LogP contribution in [0, 0.1) is 11.2 Å². The molecule has 17 heavy (non-hydrogen) atoms. The van der Waals surface area contributed by atoms with Crippen LogP contribution in [-0.2, 0) is 0 Å². The van der Waals surface area contributed by atoms with Crippen LogP contribution in [0.1, 0.15) is 39.0 Å². The Morgan fingerprint density at radius 1 is 1.41 bits per heavy atom. The van der Waals surface area contributed by atoms with Crippen LogP contribution in [0.15, 0.2) is 6.20 Å². The summed E-state index contributed by atoms with van der Waals surface area (Å²) in [6.45, 7) is 2.97. The molecule has 1 aromatic rings. The van der Waals surface area contributed by atoms with Gasteiger partial charge in [-0.1, -0.05) is 26.2 Å². The highest BCUT2D eigenvalue weighted by Crippen LogP contribution is 2.35. The van der Waals surface area contributed by atoms with E-state index in [1.165, 1.54) is 32.1 Å². The lowest BCUT2D eigenvalue weighted by Crippen LogP contribution is -2.29. The molecule has 0 aromatic carbocycles. The van der Waals surface area contributed by atoms with Crippen molar-refractivity contribution in [3.05, 3.63) is 12.0 Å². The number of hydrogen-bond acceptors (Lipinski definition) is 4. The van der Waals surface area contributed by atoms with Crippen LogP contribution in [0.4, 0.5) is 16.2 Å². The number of nitrogens with one attached hydrogen (secondary N) is 1. The predicted octanol–water partition coefficient (Wildman–Crippen LogP) is 2.58. The quantitative estimate of drug-likeness (QED) is 0.849. The minimum atomic E-state index is -0.446. The van der Waals surface area contributed by atoms with Crippen molar-refractivity contribution in [1.29, 1.82) is 0 Å². The average molecular weight is 238 g/mol. The zero-order valence-electron chi connectivity index (χ0n) is 10.2. The lowest BCUT2D eigenvalue weighted by molar-refractivity contribution is 0.233. The number of nitrogens with zero attached hydrogens (tertiary/aromatic N) is 2. The number of rotatable bonds is 3. The average Bonchev–Trinajstić information content (AvgIpc) is 2.31. The summed E-state index contributed by atoms with van der Waals surface area (Å²) in [5.41, 5.74) is 5.68. The number of anilines is 2. The first-order valence-corrected chi connectivity index (χ1v) is 6.11. The molecular formula is C12H19FN4. The third kappa shape index (κ3) is 3.05. The molecule has 2 rings (SSSR count). The number of hydrogen-bond donors (Lipinski definition) is 2. The normalized spacial score (nSPS) is 18.9. The zero-order valence-corrected chi connectivity index (χ0v) is 10.2. The first kappa shape index (κ1) is 12.1. The van der Waals surface area contributed by atoms with E-state index in [1.807, 2.05) is 0 Å². The Hall–Kier alpha value is -1.39. The van der Waals surface area contributed by atoms with Crippen LogP contribution in [0.3, 0.4) is 0 Å². The molecule has 0 spiro atoms. The van der Waals surface area contributed by atoms with Gasteiger partial charge < -0.3 is 11.1 Å². The van der Waals surface area contributed by atoms with E-state index in [1.54, 1.807) is 0 Å². The number of nitrogen functional groups attached to an aromatic ring is 1. The van der Waals surface area contributed by atoms with Gasteiger partial charge >= 0.3 is 0 Å². The molecule has 1 aliphatic rings. The van der Waals surface area contributed by atoms with Crippen LogP contribution < -0.4 is 11.1 Å². The minimum Gasteiger partial charge on any atom is -0.368 e. The fraction of sp³-hybridized carbons (Fsp3) is 0.667. The fourth-order valence-electron chi connectivity index (χ4n) is 2.38. The molecule has 1 aliphatic carbocycles. The summed E-state index contributed by atoms with van der Waals surface area (Å²) in [6.07, 6.45) is 7.29. The topological polar surface area (TPSA) is 63.8 Å². The van der Waals surface area contributed by atoms with Crippen LogP contribution in [0.5, 0.6) is 0 Å². The monoisotopic (exact) mass is 238 g/mol. The summed E-state index contributed by atoms with van der Waals surface area (Å²) in [5.74, 6) is -0.134. The molecule has 1 heterocycles. The lowest BCUT2D eigenvalue weighted by Gasteiger charge is -2.33.